The second-order valence-electron chi connectivity index (χ2n) is 5.18. The number of nitrogens with two attached hydrogens (primary N) is 1. The van der Waals surface area contributed by atoms with Gasteiger partial charge in [0.1, 0.15) is 5.60 Å². The average Bonchev–Trinajstić information content (AvgIpc) is 2.41. The first-order chi connectivity index (χ1) is 9.74. The van der Waals surface area contributed by atoms with Gasteiger partial charge in [-0.05, 0) is 44.4 Å². The van der Waals surface area contributed by atoms with Crippen LogP contribution in [0.4, 0.5) is 16.2 Å². The molecule has 4 N–H and O–H groups in total. The molecule has 1 amide bonds. The number of benzene rings is 1. The van der Waals surface area contributed by atoms with Crippen LogP contribution in [0.5, 0.6) is 0 Å². The third-order valence-corrected chi connectivity index (χ3v) is 3.78. The molecule has 0 aliphatic rings. The van der Waals surface area contributed by atoms with Crippen LogP contribution >= 0.6 is 0 Å². The first-order valence-electron chi connectivity index (χ1n) is 6.86. The molecule has 6 nitrogen and oxygen atoms in total. The van der Waals surface area contributed by atoms with E-state index in [1.54, 1.807) is 13.0 Å². The molecule has 0 bridgehead atoms. The van der Waals surface area contributed by atoms with Crippen molar-refractivity contribution < 1.29 is 19.4 Å². The minimum atomic E-state index is -1.13. The molecule has 0 aliphatic carbocycles. The lowest BCUT2D eigenvalue weighted by atomic mass is 10.0. The molecule has 1 aromatic carbocycles. The average molecular weight is 294 g/mol. The molecule has 116 valence electrons. The van der Waals surface area contributed by atoms with Crippen LogP contribution in [0.25, 0.3) is 0 Å². The zero-order valence-corrected chi connectivity index (χ0v) is 12.8. The maximum absolute atomic E-state index is 12.0. The Morgan fingerprint density at radius 1 is 1.33 bits per heavy atom. The Kier molecular flexibility index (Phi) is 5.18. The molecule has 0 aromatic heterocycles. The third kappa shape index (κ3) is 3.87. The second kappa shape index (κ2) is 6.47. The fraction of sp³-hybridized carbons (Fsp3) is 0.467. The third-order valence-electron chi connectivity index (χ3n) is 3.78. The van der Waals surface area contributed by atoms with E-state index in [2.05, 4.69) is 5.32 Å². The van der Waals surface area contributed by atoms with Gasteiger partial charge in [0, 0.05) is 11.4 Å². The SMILES string of the molecule is CCC(C)(CC)OC(=O)Nc1ccc(N)c(C(=O)O)c1C. The Balaban J connectivity index is 2.97. The van der Waals surface area contributed by atoms with E-state index in [9.17, 15) is 9.59 Å². The largest absolute Gasteiger partial charge is 0.478 e. The molecule has 0 radical (unpaired) electrons. The van der Waals surface area contributed by atoms with E-state index in [1.165, 1.54) is 6.07 Å². The van der Waals surface area contributed by atoms with Gasteiger partial charge in [-0.25, -0.2) is 9.59 Å². The van der Waals surface area contributed by atoms with Crippen LogP contribution in [-0.2, 0) is 4.74 Å². The highest BCUT2D eigenvalue weighted by molar-refractivity contribution is 5.98. The van der Waals surface area contributed by atoms with Gasteiger partial charge >= 0.3 is 12.1 Å². The summed E-state index contributed by atoms with van der Waals surface area (Å²) in [6, 6.07) is 3.01. The number of ether oxygens (including phenoxy) is 1. The van der Waals surface area contributed by atoms with Crippen LogP contribution < -0.4 is 11.1 Å². The van der Waals surface area contributed by atoms with Crippen molar-refractivity contribution >= 4 is 23.4 Å². The smallest absolute Gasteiger partial charge is 0.412 e. The molecule has 0 saturated carbocycles. The number of nitrogens with one attached hydrogen (secondary N) is 1. The van der Waals surface area contributed by atoms with Crippen LogP contribution in [-0.4, -0.2) is 22.8 Å². The Hall–Kier alpha value is -2.24. The quantitative estimate of drug-likeness (QED) is 0.722. The summed E-state index contributed by atoms with van der Waals surface area (Å²) < 4.78 is 5.40. The molecule has 0 spiro atoms. The van der Waals surface area contributed by atoms with Gasteiger partial charge in [-0.3, -0.25) is 5.32 Å². The monoisotopic (exact) mass is 294 g/mol. The standard InChI is InChI=1S/C15H22N2O4/c1-5-15(4,6-2)21-14(20)17-11-8-7-10(16)12(9(11)3)13(18)19/h7-8H,5-6,16H2,1-4H3,(H,17,20)(H,18,19). The van der Waals surface area contributed by atoms with E-state index >= 15 is 0 Å². The second-order valence-corrected chi connectivity index (χ2v) is 5.18. The van der Waals surface area contributed by atoms with Gasteiger partial charge in [-0.2, -0.15) is 0 Å². The van der Waals surface area contributed by atoms with Gasteiger partial charge in [-0.15, -0.1) is 0 Å². The minimum Gasteiger partial charge on any atom is -0.478 e. The molecular formula is C15H22N2O4. The summed E-state index contributed by atoms with van der Waals surface area (Å²) in [5.74, 6) is -1.13. The van der Waals surface area contributed by atoms with Crippen molar-refractivity contribution in [2.24, 2.45) is 0 Å². The van der Waals surface area contributed by atoms with Crippen LogP contribution in [0, 0.1) is 6.92 Å². The predicted molar refractivity (Wildman–Crippen MR) is 81.6 cm³/mol. The molecular weight excluding hydrogens is 272 g/mol. The Morgan fingerprint density at radius 3 is 2.38 bits per heavy atom. The number of rotatable bonds is 5. The number of hydrogen-bond donors (Lipinski definition) is 3. The lowest BCUT2D eigenvalue weighted by Gasteiger charge is -2.27. The van der Waals surface area contributed by atoms with E-state index in [4.69, 9.17) is 15.6 Å². The number of carbonyl (C=O) groups excluding carboxylic acids is 1. The van der Waals surface area contributed by atoms with Crippen molar-refractivity contribution in [1.29, 1.82) is 0 Å². The molecule has 0 aliphatic heterocycles. The fourth-order valence-electron chi connectivity index (χ4n) is 1.91. The maximum atomic E-state index is 12.0. The number of hydrogen-bond acceptors (Lipinski definition) is 4. The summed E-state index contributed by atoms with van der Waals surface area (Å²) in [5, 5.41) is 11.7. The molecule has 0 atom stereocenters. The van der Waals surface area contributed by atoms with E-state index in [1.807, 2.05) is 20.8 Å². The number of carboxylic acid groups (broad SMARTS) is 1. The number of carbonyl (C=O) groups is 2. The topological polar surface area (TPSA) is 102 Å². The number of anilines is 2. The number of aromatic carboxylic acids is 1. The lowest BCUT2D eigenvalue weighted by Crippen LogP contribution is -2.32. The zero-order valence-electron chi connectivity index (χ0n) is 12.8. The molecule has 1 rings (SSSR count). The normalized spacial score (nSPS) is 11.0. The highest BCUT2D eigenvalue weighted by atomic mass is 16.6. The van der Waals surface area contributed by atoms with Gasteiger partial charge in [0.15, 0.2) is 0 Å². The minimum absolute atomic E-state index is 0.0125. The van der Waals surface area contributed by atoms with Crippen LogP contribution in [0.15, 0.2) is 12.1 Å². The molecule has 21 heavy (non-hydrogen) atoms. The predicted octanol–water partition coefficient (Wildman–Crippen LogP) is 3.40. The summed E-state index contributed by atoms with van der Waals surface area (Å²) in [7, 11) is 0. The van der Waals surface area contributed by atoms with E-state index in [0.717, 1.165) is 0 Å². The van der Waals surface area contributed by atoms with Crippen molar-refractivity contribution in [3.05, 3.63) is 23.3 Å². The Morgan fingerprint density at radius 2 is 1.90 bits per heavy atom. The van der Waals surface area contributed by atoms with Gasteiger partial charge in [0.05, 0.1) is 5.56 Å². The molecule has 0 heterocycles. The molecule has 0 saturated heterocycles. The van der Waals surface area contributed by atoms with Crippen LogP contribution in [0.3, 0.4) is 0 Å². The summed E-state index contributed by atoms with van der Waals surface area (Å²) >= 11 is 0. The van der Waals surface area contributed by atoms with E-state index in [0.29, 0.717) is 24.1 Å². The highest BCUT2D eigenvalue weighted by Gasteiger charge is 2.25. The highest BCUT2D eigenvalue weighted by Crippen LogP contribution is 2.26. The molecule has 6 heteroatoms. The van der Waals surface area contributed by atoms with Crippen molar-refractivity contribution in [3.8, 4) is 0 Å². The van der Waals surface area contributed by atoms with Crippen LogP contribution in [0.2, 0.25) is 0 Å². The Labute approximate surface area is 124 Å². The summed E-state index contributed by atoms with van der Waals surface area (Å²) in [4.78, 5) is 23.1. The molecule has 0 fully saturated rings. The first-order valence-corrected chi connectivity index (χ1v) is 6.86. The van der Waals surface area contributed by atoms with Crippen molar-refractivity contribution in [3.63, 3.8) is 0 Å². The first kappa shape index (κ1) is 16.8. The summed E-state index contributed by atoms with van der Waals surface area (Å²) in [5.41, 5.74) is 6.02. The summed E-state index contributed by atoms with van der Waals surface area (Å²) in [6.45, 7) is 7.32. The zero-order chi connectivity index (χ0) is 16.2. The number of carboxylic acids is 1. The van der Waals surface area contributed by atoms with Crippen molar-refractivity contribution in [2.45, 2.75) is 46.1 Å². The van der Waals surface area contributed by atoms with Crippen molar-refractivity contribution in [2.75, 3.05) is 11.1 Å². The van der Waals surface area contributed by atoms with Gasteiger partial charge in [0.25, 0.3) is 0 Å². The summed E-state index contributed by atoms with van der Waals surface area (Å²) in [6.07, 6.45) is 0.779. The van der Waals surface area contributed by atoms with Gasteiger partial charge < -0.3 is 15.6 Å². The number of nitrogen functional groups attached to an aromatic ring is 1. The van der Waals surface area contributed by atoms with Gasteiger partial charge in [-0.1, -0.05) is 13.8 Å². The lowest BCUT2D eigenvalue weighted by molar-refractivity contribution is 0.0281. The van der Waals surface area contributed by atoms with Gasteiger partial charge in [0.2, 0.25) is 0 Å². The number of amides is 1. The Bertz CT molecular complexity index is 551. The molecule has 0 unspecified atom stereocenters. The van der Waals surface area contributed by atoms with Crippen LogP contribution in [0.1, 0.15) is 49.5 Å². The van der Waals surface area contributed by atoms with Crippen molar-refractivity contribution in [1.82, 2.24) is 0 Å². The van der Waals surface area contributed by atoms with E-state index in [-0.39, 0.29) is 11.3 Å². The molecule has 1 aromatic rings. The maximum Gasteiger partial charge on any atom is 0.412 e. The fourth-order valence-corrected chi connectivity index (χ4v) is 1.91. The van der Waals surface area contributed by atoms with E-state index < -0.39 is 17.7 Å².